The summed E-state index contributed by atoms with van der Waals surface area (Å²) in [6.45, 7) is 3.05. The Kier molecular flexibility index (Phi) is 6.01. The zero-order valence-corrected chi connectivity index (χ0v) is 20.0. The van der Waals surface area contributed by atoms with Crippen LogP contribution in [0.25, 0.3) is 20.7 Å². The minimum Gasteiger partial charge on any atom is -0.366 e. The van der Waals surface area contributed by atoms with Gasteiger partial charge in [-0.25, -0.2) is 9.37 Å². The molecule has 1 aromatic carbocycles. The van der Waals surface area contributed by atoms with E-state index in [2.05, 4.69) is 4.98 Å². The lowest BCUT2D eigenvalue weighted by Gasteiger charge is -2.36. The SMILES string of the molecule is CC(=O)c1ccc(N2CCN(C(=O)Cn3cnc4scc(-c5cccs5)c4c3=O)CC2)c(F)c1. The quantitative estimate of drug-likeness (QED) is 0.392. The van der Waals surface area contributed by atoms with Crippen LogP contribution in [0.3, 0.4) is 0 Å². The van der Waals surface area contributed by atoms with Gasteiger partial charge in [-0.15, -0.1) is 22.7 Å². The van der Waals surface area contributed by atoms with Crippen molar-refractivity contribution in [3.8, 4) is 10.4 Å². The van der Waals surface area contributed by atoms with Crippen LogP contribution in [-0.4, -0.2) is 52.3 Å². The summed E-state index contributed by atoms with van der Waals surface area (Å²) in [7, 11) is 0. The topological polar surface area (TPSA) is 75.5 Å². The van der Waals surface area contributed by atoms with Gasteiger partial charge in [-0.2, -0.15) is 0 Å². The van der Waals surface area contributed by atoms with Crippen LogP contribution < -0.4 is 10.5 Å². The fourth-order valence-corrected chi connectivity index (χ4v) is 5.84. The van der Waals surface area contributed by atoms with E-state index in [0.29, 0.717) is 47.6 Å². The third kappa shape index (κ3) is 4.14. The van der Waals surface area contributed by atoms with Gasteiger partial charge in [0.25, 0.3) is 5.56 Å². The summed E-state index contributed by atoms with van der Waals surface area (Å²) >= 11 is 2.97. The molecule has 34 heavy (non-hydrogen) atoms. The molecule has 3 aromatic heterocycles. The van der Waals surface area contributed by atoms with Crippen molar-refractivity contribution < 1.29 is 14.0 Å². The van der Waals surface area contributed by atoms with Gasteiger partial charge in [0.1, 0.15) is 17.2 Å². The van der Waals surface area contributed by atoms with E-state index in [1.54, 1.807) is 28.4 Å². The number of fused-ring (bicyclic) bond motifs is 1. The first-order chi connectivity index (χ1) is 16.4. The molecule has 0 atom stereocenters. The second-order valence-corrected chi connectivity index (χ2v) is 9.88. The average Bonchev–Trinajstić information content (AvgIpc) is 3.51. The number of nitrogens with zero attached hydrogens (tertiary/aromatic N) is 4. The molecular weight excluding hydrogens is 475 g/mol. The number of thiophene rings is 2. The number of rotatable bonds is 5. The Balaban J connectivity index is 1.29. The van der Waals surface area contributed by atoms with Crippen molar-refractivity contribution >= 4 is 50.3 Å². The number of hydrogen-bond donors (Lipinski definition) is 0. The van der Waals surface area contributed by atoms with E-state index in [4.69, 9.17) is 0 Å². The van der Waals surface area contributed by atoms with E-state index in [1.165, 1.54) is 35.2 Å². The monoisotopic (exact) mass is 496 g/mol. The minimum atomic E-state index is -0.448. The Labute approximate surface area is 202 Å². The van der Waals surface area contributed by atoms with E-state index >= 15 is 0 Å². The Morgan fingerprint density at radius 2 is 1.91 bits per heavy atom. The van der Waals surface area contributed by atoms with Crippen molar-refractivity contribution in [3.05, 3.63) is 69.2 Å². The number of amides is 1. The molecule has 1 aliphatic rings. The predicted octanol–water partition coefficient (Wildman–Crippen LogP) is 3.88. The first-order valence-corrected chi connectivity index (χ1v) is 12.5. The molecule has 10 heteroatoms. The first-order valence-electron chi connectivity index (χ1n) is 10.8. The predicted molar refractivity (Wildman–Crippen MR) is 132 cm³/mol. The molecule has 7 nitrogen and oxygen atoms in total. The maximum Gasteiger partial charge on any atom is 0.263 e. The van der Waals surface area contributed by atoms with Gasteiger partial charge in [-0.05, 0) is 36.6 Å². The van der Waals surface area contributed by atoms with E-state index in [-0.39, 0.29) is 23.8 Å². The molecule has 0 aliphatic carbocycles. The fourth-order valence-electron chi connectivity index (χ4n) is 4.12. The third-order valence-corrected chi connectivity index (χ3v) is 7.77. The van der Waals surface area contributed by atoms with E-state index in [0.717, 1.165) is 10.4 Å². The van der Waals surface area contributed by atoms with Gasteiger partial charge in [-0.1, -0.05) is 6.07 Å². The summed E-state index contributed by atoms with van der Waals surface area (Å²) in [6.07, 6.45) is 1.43. The lowest BCUT2D eigenvalue weighted by molar-refractivity contribution is -0.132. The molecule has 1 saturated heterocycles. The van der Waals surface area contributed by atoms with Crippen molar-refractivity contribution in [3.63, 3.8) is 0 Å². The maximum absolute atomic E-state index is 14.5. The zero-order chi connectivity index (χ0) is 23.8. The van der Waals surface area contributed by atoms with E-state index < -0.39 is 5.82 Å². The van der Waals surface area contributed by atoms with Crippen molar-refractivity contribution in [2.24, 2.45) is 0 Å². The normalized spacial score (nSPS) is 14.1. The van der Waals surface area contributed by atoms with E-state index in [1.807, 2.05) is 27.8 Å². The molecule has 0 radical (unpaired) electrons. The number of carbonyl (C=O) groups is 2. The van der Waals surface area contributed by atoms with Gasteiger partial charge in [0.15, 0.2) is 5.78 Å². The van der Waals surface area contributed by atoms with Gasteiger partial charge >= 0.3 is 0 Å². The van der Waals surface area contributed by atoms with Crippen molar-refractivity contribution in [1.82, 2.24) is 14.5 Å². The average molecular weight is 497 g/mol. The van der Waals surface area contributed by atoms with Gasteiger partial charge in [-0.3, -0.25) is 19.0 Å². The standard InChI is InChI=1S/C24H21FN4O3S2/c1-15(30)16-4-5-19(18(25)11-16)27-6-8-28(9-7-27)21(31)12-29-14-26-23-22(24(29)32)17(13-34-23)20-3-2-10-33-20/h2-5,10-11,13-14H,6-9,12H2,1H3. The molecule has 174 valence electrons. The molecule has 0 N–H and O–H groups in total. The fraction of sp³-hybridized carbons (Fsp3) is 0.250. The highest BCUT2D eigenvalue weighted by Gasteiger charge is 2.24. The van der Waals surface area contributed by atoms with Crippen molar-refractivity contribution in [1.29, 1.82) is 0 Å². The highest BCUT2D eigenvalue weighted by Crippen LogP contribution is 2.33. The molecule has 0 bridgehead atoms. The molecule has 0 saturated carbocycles. The van der Waals surface area contributed by atoms with Crippen molar-refractivity contribution in [2.45, 2.75) is 13.5 Å². The van der Waals surface area contributed by atoms with Gasteiger partial charge in [0, 0.05) is 47.6 Å². The number of benzene rings is 1. The highest BCUT2D eigenvalue weighted by atomic mass is 32.1. The van der Waals surface area contributed by atoms with Crippen LogP contribution in [0.5, 0.6) is 0 Å². The number of carbonyl (C=O) groups excluding carboxylic acids is 2. The molecule has 0 spiro atoms. The molecular formula is C24H21FN4O3S2. The summed E-state index contributed by atoms with van der Waals surface area (Å²) in [5.41, 5.74) is 1.37. The molecule has 0 unspecified atom stereocenters. The number of anilines is 1. The summed E-state index contributed by atoms with van der Waals surface area (Å²) < 4.78 is 15.9. The summed E-state index contributed by atoms with van der Waals surface area (Å²) in [5, 5.41) is 4.43. The minimum absolute atomic E-state index is 0.0941. The zero-order valence-electron chi connectivity index (χ0n) is 18.4. The van der Waals surface area contributed by atoms with Crippen LogP contribution in [0.1, 0.15) is 17.3 Å². The number of Topliss-reactive ketones (excluding diaryl/α,β-unsaturated/α-hetero) is 1. The van der Waals surface area contributed by atoms with Gasteiger partial charge in [0.2, 0.25) is 5.91 Å². The Hall–Kier alpha value is -3.37. The molecule has 5 rings (SSSR count). The molecule has 4 heterocycles. The smallest absolute Gasteiger partial charge is 0.263 e. The Bertz CT molecular complexity index is 1440. The largest absolute Gasteiger partial charge is 0.366 e. The third-order valence-electron chi connectivity index (χ3n) is 5.98. The Morgan fingerprint density at radius 1 is 1.12 bits per heavy atom. The lowest BCUT2D eigenvalue weighted by atomic mass is 10.1. The second-order valence-electron chi connectivity index (χ2n) is 8.07. The van der Waals surface area contributed by atoms with Crippen LogP contribution in [-0.2, 0) is 11.3 Å². The van der Waals surface area contributed by atoms with Crippen molar-refractivity contribution in [2.75, 3.05) is 31.1 Å². The second kappa shape index (κ2) is 9.11. The number of hydrogen-bond acceptors (Lipinski definition) is 7. The number of aromatic nitrogens is 2. The van der Waals surface area contributed by atoms with E-state index in [9.17, 15) is 18.8 Å². The molecule has 4 aromatic rings. The Morgan fingerprint density at radius 3 is 2.59 bits per heavy atom. The van der Waals surface area contributed by atoms with Gasteiger partial charge < -0.3 is 9.80 Å². The number of piperazine rings is 1. The molecule has 1 aliphatic heterocycles. The summed E-state index contributed by atoms with van der Waals surface area (Å²) in [5.74, 6) is -0.812. The van der Waals surface area contributed by atoms with Crippen LogP contribution >= 0.6 is 22.7 Å². The van der Waals surface area contributed by atoms with Crippen LogP contribution in [0.4, 0.5) is 10.1 Å². The van der Waals surface area contributed by atoms with Crippen LogP contribution in [0, 0.1) is 5.82 Å². The molecule has 1 fully saturated rings. The number of ketones is 1. The lowest BCUT2D eigenvalue weighted by Crippen LogP contribution is -2.50. The number of halogens is 1. The van der Waals surface area contributed by atoms with Crippen LogP contribution in [0.15, 0.2) is 52.2 Å². The molecule has 1 amide bonds. The highest BCUT2D eigenvalue weighted by molar-refractivity contribution is 7.18. The summed E-state index contributed by atoms with van der Waals surface area (Å²) in [4.78, 5) is 47.2. The summed E-state index contributed by atoms with van der Waals surface area (Å²) in [6, 6.07) is 8.37. The van der Waals surface area contributed by atoms with Crippen LogP contribution in [0.2, 0.25) is 0 Å². The maximum atomic E-state index is 14.5. The first kappa shape index (κ1) is 22.4. The van der Waals surface area contributed by atoms with Gasteiger partial charge in [0.05, 0.1) is 17.4 Å².